The molecule has 0 bridgehead atoms. The van der Waals surface area contributed by atoms with Crippen molar-refractivity contribution in [1.82, 2.24) is 10.6 Å². The van der Waals surface area contributed by atoms with Gasteiger partial charge in [-0.1, -0.05) is 19.3 Å². The highest BCUT2D eigenvalue weighted by Gasteiger charge is 2.12. The Hall–Kier alpha value is -0.310. The smallest absolute Gasteiger partial charge is 0.166 e. The van der Waals surface area contributed by atoms with Crippen molar-refractivity contribution in [2.24, 2.45) is 5.92 Å². The minimum atomic E-state index is 0.778. The predicted octanol–water partition coefficient (Wildman–Crippen LogP) is 1.66. The van der Waals surface area contributed by atoms with Gasteiger partial charge in [0.1, 0.15) is 0 Å². The molecule has 1 aliphatic carbocycles. The Morgan fingerprint density at radius 1 is 1.33 bits per heavy atom. The Bertz CT molecular complexity index is 141. The van der Waals surface area contributed by atoms with E-state index in [1.165, 1.54) is 32.1 Å². The molecule has 12 heavy (non-hydrogen) atoms. The average Bonchev–Trinajstić information content (AvgIpc) is 2.16. The van der Waals surface area contributed by atoms with Crippen LogP contribution in [0, 0.1) is 5.92 Å². The fraction of sp³-hybridized carbons (Fsp3) is 0.889. The molecule has 1 fully saturated rings. The molecule has 0 unspecified atom stereocenters. The van der Waals surface area contributed by atoms with E-state index in [0.717, 1.165) is 17.6 Å². The second-order valence-corrected chi connectivity index (χ2v) is 3.87. The summed E-state index contributed by atoms with van der Waals surface area (Å²) >= 11 is 5.00. The fourth-order valence-corrected chi connectivity index (χ4v) is 1.80. The van der Waals surface area contributed by atoms with E-state index >= 15 is 0 Å². The van der Waals surface area contributed by atoms with Gasteiger partial charge in [0.15, 0.2) is 5.11 Å². The second-order valence-electron chi connectivity index (χ2n) is 3.46. The molecule has 2 N–H and O–H groups in total. The summed E-state index contributed by atoms with van der Waals surface area (Å²) in [5.41, 5.74) is 0. The van der Waals surface area contributed by atoms with Crippen LogP contribution >= 0.6 is 12.2 Å². The van der Waals surface area contributed by atoms with Gasteiger partial charge >= 0.3 is 0 Å². The van der Waals surface area contributed by atoms with E-state index < -0.39 is 0 Å². The lowest BCUT2D eigenvalue weighted by Gasteiger charge is -2.22. The summed E-state index contributed by atoms with van der Waals surface area (Å²) in [6, 6.07) is 0. The molecule has 1 aliphatic rings. The van der Waals surface area contributed by atoms with E-state index in [4.69, 9.17) is 12.2 Å². The van der Waals surface area contributed by atoms with Crippen molar-refractivity contribution in [1.29, 1.82) is 0 Å². The lowest BCUT2D eigenvalue weighted by molar-refractivity contribution is 0.356. The van der Waals surface area contributed by atoms with E-state index in [0.29, 0.717) is 0 Å². The molecule has 0 aromatic rings. The van der Waals surface area contributed by atoms with Gasteiger partial charge in [-0.05, 0) is 31.0 Å². The van der Waals surface area contributed by atoms with Gasteiger partial charge in [-0.2, -0.15) is 0 Å². The maximum absolute atomic E-state index is 5.00. The van der Waals surface area contributed by atoms with Crippen LogP contribution in [0.25, 0.3) is 0 Å². The highest BCUT2D eigenvalue weighted by molar-refractivity contribution is 7.80. The molecule has 3 heteroatoms. The first-order valence-corrected chi connectivity index (χ1v) is 5.19. The van der Waals surface area contributed by atoms with Crippen molar-refractivity contribution in [2.75, 3.05) is 13.6 Å². The Balaban J connectivity index is 2.09. The van der Waals surface area contributed by atoms with Gasteiger partial charge in [0, 0.05) is 13.6 Å². The average molecular weight is 186 g/mol. The Kier molecular flexibility index (Phi) is 4.36. The molecule has 0 atom stereocenters. The molecule has 1 saturated carbocycles. The number of rotatable bonds is 2. The molecular weight excluding hydrogens is 168 g/mol. The fourth-order valence-electron chi connectivity index (χ4n) is 1.72. The summed E-state index contributed by atoms with van der Waals surface area (Å²) in [4.78, 5) is 0. The van der Waals surface area contributed by atoms with Gasteiger partial charge in [0.05, 0.1) is 0 Å². The molecule has 0 spiro atoms. The van der Waals surface area contributed by atoms with Gasteiger partial charge < -0.3 is 10.6 Å². The molecule has 2 nitrogen and oxygen atoms in total. The topological polar surface area (TPSA) is 24.1 Å². The zero-order valence-corrected chi connectivity index (χ0v) is 8.54. The minimum absolute atomic E-state index is 0.778. The van der Waals surface area contributed by atoms with Crippen molar-refractivity contribution in [3.8, 4) is 0 Å². The van der Waals surface area contributed by atoms with Crippen molar-refractivity contribution in [2.45, 2.75) is 32.1 Å². The quantitative estimate of drug-likeness (QED) is 0.641. The first-order valence-electron chi connectivity index (χ1n) is 4.78. The van der Waals surface area contributed by atoms with Crippen molar-refractivity contribution in [3.05, 3.63) is 0 Å². The predicted molar refractivity (Wildman–Crippen MR) is 56.2 cm³/mol. The van der Waals surface area contributed by atoms with Crippen LogP contribution in [0.1, 0.15) is 32.1 Å². The van der Waals surface area contributed by atoms with Crippen molar-refractivity contribution in [3.63, 3.8) is 0 Å². The molecule has 0 amide bonds. The van der Waals surface area contributed by atoms with Gasteiger partial charge in [-0.3, -0.25) is 0 Å². The monoisotopic (exact) mass is 186 g/mol. The number of nitrogens with one attached hydrogen (secondary N) is 2. The van der Waals surface area contributed by atoms with E-state index in [1.54, 1.807) is 0 Å². The Morgan fingerprint density at radius 3 is 2.58 bits per heavy atom. The maximum atomic E-state index is 5.00. The summed E-state index contributed by atoms with van der Waals surface area (Å²) in [5, 5.41) is 6.93. The SMILES string of the molecule is CNC(=S)NCC1CCCCC1. The number of thiocarbonyl (C=S) groups is 1. The normalized spacial score (nSPS) is 18.8. The lowest BCUT2D eigenvalue weighted by atomic mass is 9.89. The molecule has 0 aliphatic heterocycles. The van der Waals surface area contributed by atoms with Gasteiger partial charge in [0.2, 0.25) is 0 Å². The highest BCUT2D eigenvalue weighted by atomic mass is 32.1. The van der Waals surface area contributed by atoms with E-state index in [2.05, 4.69) is 10.6 Å². The highest BCUT2D eigenvalue weighted by Crippen LogP contribution is 2.22. The summed E-state index contributed by atoms with van der Waals surface area (Å²) < 4.78 is 0. The summed E-state index contributed by atoms with van der Waals surface area (Å²) in [5.74, 6) is 0.852. The Labute approximate surface area is 80.1 Å². The van der Waals surface area contributed by atoms with E-state index in [9.17, 15) is 0 Å². The Morgan fingerprint density at radius 2 is 2.00 bits per heavy atom. The first-order chi connectivity index (χ1) is 5.83. The van der Waals surface area contributed by atoms with Crippen LogP contribution in [0.4, 0.5) is 0 Å². The van der Waals surface area contributed by atoms with Crippen LogP contribution in [0.2, 0.25) is 0 Å². The standard InChI is InChI=1S/C9H18N2S/c1-10-9(12)11-7-8-5-3-2-4-6-8/h8H,2-7H2,1H3,(H2,10,11,12). The number of hydrogen-bond acceptors (Lipinski definition) is 1. The molecule has 0 aromatic heterocycles. The van der Waals surface area contributed by atoms with Crippen LogP contribution in [0.5, 0.6) is 0 Å². The summed E-state index contributed by atoms with van der Waals surface area (Å²) in [6.45, 7) is 1.06. The van der Waals surface area contributed by atoms with Crippen molar-refractivity contribution < 1.29 is 0 Å². The van der Waals surface area contributed by atoms with Crippen molar-refractivity contribution >= 4 is 17.3 Å². The first kappa shape index (κ1) is 9.78. The number of hydrogen-bond donors (Lipinski definition) is 2. The zero-order chi connectivity index (χ0) is 8.81. The zero-order valence-electron chi connectivity index (χ0n) is 7.73. The van der Waals surface area contributed by atoms with Gasteiger partial charge in [-0.25, -0.2) is 0 Å². The van der Waals surface area contributed by atoms with Crippen LogP contribution in [-0.2, 0) is 0 Å². The third-order valence-corrected chi connectivity index (χ3v) is 2.85. The minimum Gasteiger partial charge on any atom is -0.366 e. The molecule has 70 valence electrons. The summed E-state index contributed by atoms with van der Waals surface area (Å²) in [7, 11) is 1.86. The third kappa shape index (κ3) is 3.39. The molecule has 1 rings (SSSR count). The molecule has 0 saturated heterocycles. The van der Waals surface area contributed by atoms with Crippen LogP contribution < -0.4 is 10.6 Å². The van der Waals surface area contributed by atoms with Crippen LogP contribution in [0.3, 0.4) is 0 Å². The molecule has 0 radical (unpaired) electrons. The van der Waals surface area contributed by atoms with E-state index in [-0.39, 0.29) is 0 Å². The van der Waals surface area contributed by atoms with Gasteiger partial charge in [0.25, 0.3) is 0 Å². The van der Waals surface area contributed by atoms with Crippen LogP contribution in [0.15, 0.2) is 0 Å². The molecule has 0 heterocycles. The summed E-state index contributed by atoms with van der Waals surface area (Å²) in [6.07, 6.45) is 6.98. The van der Waals surface area contributed by atoms with Crippen LogP contribution in [-0.4, -0.2) is 18.7 Å². The molecular formula is C9H18N2S. The molecule has 0 aromatic carbocycles. The third-order valence-electron chi connectivity index (χ3n) is 2.50. The van der Waals surface area contributed by atoms with E-state index in [1.807, 2.05) is 7.05 Å². The maximum Gasteiger partial charge on any atom is 0.166 e. The second kappa shape index (κ2) is 5.36. The van der Waals surface area contributed by atoms with Gasteiger partial charge in [-0.15, -0.1) is 0 Å². The largest absolute Gasteiger partial charge is 0.366 e. The lowest BCUT2D eigenvalue weighted by Crippen LogP contribution is -2.36.